The van der Waals surface area contributed by atoms with Gasteiger partial charge in [0.25, 0.3) is 0 Å². The number of unbranched alkanes of at least 4 members (excludes halogenated alkanes) is 8. The van der Waals surface area contributed by atoms with Crippen molar-refractivity contribution < 1.29 is 20.9 Å². The second kappa shape index (κ2) is 22.8. The third kappa shape index (κ3) is 9.58. The van der Waals surface area contributed by atoms with E-state index in [1.807, 2.05) is 0 Å². The van der Waals surface area contributed by atoms with Crippen LogP contribution in [0.25, 0.3) is 99.7 Å². The van der Waals surface area contributed by atoms with Crippen molar-refractivity contribution >= 4 is 61.2 Å². The molecule has 0 aromatic heterocycles. The fourth-order valence-corrected chi connectivity index (χ4v) is 36.7. The van der Waals surface area contributed by atoms with Gasteiger partial charge in [0, 0.05) is 0 Å². The van der Waals surface area contributed by atoms with E-state index >= 15 is 0 Å². The van der Waals surface area contributed by atoms with E-state index in [1.54, 1.807) is 22.3 Å². The zero-order valence-electron chi connectivity index (χ0n) is 45.3. The van der Waals surface area contributed by atoms with Crippen LogP contribution >= 0.6 is 0 Å². The van der Waals surface area contributed by atoms with Gasteiger partial charge in [0.15, 0.2) is 0 Å². The molecule has 0 N–H and O–H groups in total. The number of rotatable bonds is 19. The van der Waals surface area contributed by atoms with E-state index in [1.165, 1.54) is 176 Å². The SMILES string of the molecule is CCCCCCCC1=Cc2c(-c3cccc4ccccc34)ccc(-c3cccc4ccccc34)c2[CH]1[Zr]([CH]1C(CCCCCCC)=Cc2c(-c3cccc4ccccc34)ccc(-c3cccc4ccccc34)c21)[SiH](C)C. The molecule has 0 bridgehead atoms. The monoisotopic (exact) mass is 1080 g/mol. The predicted octanol–water partition coefficient (Wildman–Crippen LogP) is 21.9. The number of benzene rings is 10. The molecule has 2 atom stereocenters. The first-order chi connectivity index (χ1) is 37.5. The van der Waals surface area contributed by atoms with Crippen LogP contribution < -0.4 is 0 Å². The average molecular weight is 1080 g/mol. The summed E-state index contributed by atoms with van der Waals surface area (Å²) in [4.78, 5) is 0. The summed E-state index contributed by atoms with van der Waals surface area (Å²) in [6.07, 6.45) is 20.9. The number of allylic oxidation sites excluding steroid dienone is 2. The van der Waals surface area contributed by atoms with E-state index in [0.29, 0.717) is 7.25 Å². The Kier molecular flexibility index (Phi) is 15.2. The van der Waals surface area contributed by atoms with E-state index in [-0.39, 0.29) is 0 Å². The van der Waals surface area contributed by atoms with Crippen LogP contribution in [0.2, 0.25) is 13.1 Å². The first-order valence-corrected chi connectivity index (χ1v) is 39.0. The summed E-state index contributed by atoms with van der Waals surface area (Å²) < 4.78 is 0.917. The first-order valence-electron chi connectivity index (χ1n) is 29.1. The van der Waals surface area contributed by atoms with Crippen molar-refractivity contribution in [2.45, 2.75) is 111 Å². The minimum atomic E-state index is -2.84. The molecule has 2 heteroatoms. The van der Waals surface area contributed by atoms with Gasteiger partial charge in [0.2, 0.25) is 0 Å². The van der Waals surface area contributed by atoms with Crippen molar-refractivity contribution in [3.8, 4) is 44.5 Å². The topological polar surface area (TPSA) is 0 Å². The summed E-state index contributed by atoms with van der Waals surface area (Å²) in [6, 6.07) is 74.9. The maximum atomic E-state index is 2.81. The molecule has 0 saturated heterocycles. The molecule has 0 amide bonds. The Hall–Kier alpha value is -6.18. The summed E-state index contributed by atoms with van der Waals surface area (Å²) in [7, 11) is 0. The number of hydrogen-bond donors (Lipinski definition) is 0. The Balaban J connectivity index is 1.15. The van der Waals surface area contributed by atoms with Crippen molar-refractivity contribution in [3.63, 3.8) is 0 Å². The third-order valence-electron chi connectivity index (χ3n) is 17.3. The van der Waals surface area contributed by atoms with Crippen LogP contribution in [0.4, 0.5) is 0 Å². The second-order valence-corrected chi connectivity index (χ2v) is 42.4. The molecule has 2 aliphatic carbocycles. The number of hydrogen-bond acceptors (Lipinski definition) is 0. The van der Waals surface area contributed by atoms with Crippen LogP contribution in [0.3, 0.4) is 0 Å². The standard InChI is InChI=1S/2C36H33.C2H7Si.Zr/c2*1-2-3-4-5-6-13-26-24-35-33(31-20-11-16-27-14-7-9-18-29(27)31)22-23-34(36(35)25-26)32-21-12-17-28-15-8-10-19-30(28)32;1-3-2;/h2*7-12,14-25H,2-6,13H2,1H3;3H,1-2H3;. The molecule has 2 aliphatic rings. The molecule has 0 radical (unpaired) electrons. The van der Waals surface area contributed by atoms with Crippen LogP contribution in [0.1, 0.15) is 120 Å². The Morgan fingerprint density at radius 3 is 0.961 bits per heavy atom. The summed E-state index contributed by atoms with van der Waals surface area (Å²) in [5.74, 6) is -1.36. The fraction of sp³-hybridized carbons (Fsp3) is 0.243. The van der Waals surface area contributed by atoms with Crippen LogP contribution in [0, 0.1) is 0 Å². The maximum absolute atomic E-state index is 2.84. The molecule has 0 nitrogen and oxygen atoms in total. The van der Waals surface area contributed by atoms with Gasteiger partial charge in [-0.25, -0.2) is 0 Å². The van der Waals surface area contributed by atoms with Gasteiger partial charge in [-0.05, 0) is 0 Å². The number of fused-ring (bicyclic) bond motifs is 6. The van der Waals surface area contributed by atoms with Gasteiger partial charge in [-0.3, -0.25) is 0 Å². The van der Waals surface area contributed by atoms with Gasteiger partial charge in [0.1, 0.15) is 0 Å². The normalized spacial score (nSPS) is 15.0. The Labute approximate surface area is 461 Å². The van der Waals surface area contributed by atoms with Crippen molar-refractivity contribution in [3.05, 3.63) is 228 Å². The van der Waals surface area contributed by atoms with Crippen LogP contribution in [-0.2, 0) is 20.9 Å². The van der Waals surface area contributed by atoms with Gasteiger partial charge in [-0.2, -0.15) is 0 Å². The van der Waals surface area contributed by atoms with Gasteiger partial charge in [-0.15, -0.1) is 0 Å². The van der Waals surface area contributed by atoms with Gasteiger partial charge >= 0.3 is 465 Å². The molecule has 0 saturated carbocycles. The molecule has 10 aromatic rings. The Morgan fingerprint density at radius 1 is 0.316 bits per heavy atom. The summed E-state index contributed by atoms with van der Waals surface area (Å²) >= 11 is -2.84. The molecule has 2 unspecified atom stereocenters. The molecule has 0 fully saturated rings. The zero-order valence-corrected chi connectivity index (χ0v) is 49.0. The van der Waals surface area contributed by atoms with Crippen LogP contribution in [-0.4, -0.2) is 5.92 Å². The van der Waals surface area contributed by atoms with Crippen molar-refractivity contribution in [1.29, 1.82) is 0 Å². The first kappa shape index (κ1) is 50.6. The molecule has 10 aromatic carbocycles. The predicted molar refractivity (Wildman–Crippen MR) is 332 cm³/mol. The van der Waals surface area contributed by atoms with Crippen molar-refractivity contribution in [1.82, 2.24) is 0 Å². The van der Waals surface area contributed by atoms with Crippen LogP contribution in [0.15, 0.2) is 205 Å². The van der Waals surface area contributed by atoms with E-state index in [9.17, 15) is 0 Å². The zero-order chi connectivity index (χ0) is 51.5. The molecule has 12 rings (SSSR count). The quantitative estimate of drug-likeness (QED) is 0.0559. The second-order valence-electron chi connectivity index (χ2n) is 22.4. The summed E-state index contributed by atoms with van der Waals surface area (Å²) in [6.45, 7) is 10.3. The van der Waals surface area contributed by atoms with Crippen molar-refractivity contribution in [2.24, 2.45) is 0 Å². The molecule has 377 valence electrons. The van der Waals surface area contributed by atoms with E-state index in [0.717, 1.165) is 0 Å². The molecule has 76 heavy (non-hydrogen) atoms. The van der Waals surface area contributed by atoms with Gasteiger partial charge in [-0.1, -0.05) is 0 Å². The summed E-state index contributed by atoms with van der Waals surface area (Å²) in [5, 5.41) is 10.7. The van der Waals surface area contributed by atoms with Crippen molar-refractivity contribution in [2.75, 3.05) is 0 Å². The fourth-order valence-electron chi connectivity index (χ4n) is 13.8. The molecule has 0 spiro atoms. The van der Waals surface area contributed by atoms with Gasteiger partial charge < -0.3 is 0 Å². The van der Waals surface area contributed by atoms with Crippen LogP contribution in [0.5, 0.6) is 0 Å². The Morgan fingerprint density at radius 2 is 0.618 bits per heavy atom. The Bertz CT molecular complexity index is 3550. The molecule has 0 heterocycles. The minimum absolute atomic E-state index is 0.458. The molecular formula is C74H73SiZr. The molecular weight excluding hydrogens is 1010 g/mol. The van der Waals surface area contributed by atoms with E-state index in [4.69, 9.17) is 0 Å². The van der Waals surface area contributed by atoms with Gasteiger partial charge in [0.05, 0.1) is 0 Å². The van der Waals surface area contributed by atoms with E-state index < -0.39 is 26.8 Å². The molecule has 0 aliphatic heterocycles. The average Bonchev–Trinajstić information content (AvgIpc) is 4.13. The third-order valence-corrected chi connectivity index (χ3v) is 39.0. The summed E-state index contributed by atoms with van der Waals surface area (Å²) in [5.41, 5.74) is 21.1. The van der Waals surface area contributed by atoms with E-state index in [2.05, 4.69) is 233 Å².